The van der Waals surface area contributed by atoms with Gasteiger partial charge in [-0.15, -0.1) is 11.3 Å². The van der Waals surface area contributed by atoms with E-state index < -0.39 is 0 Å². The minimum absolute atomic E-state index is 0.119. The van der Waals surface area contributed by atoms with Crippen LogP contribution < -0.4 is 9.80 Å². The van der Waals surface area contributed by atoms with Crippen LogP contribution >= 0.6 is 11.3 Å². The highest BCUT2D eigenvalue weighted by Gasteiger charge is 2.52. The molecule has 2 nitrogen and oxygen atoms in total. The van der Waals surface area contributed by atoms with Gasteiger partial charge in [0, 0.05) is 65.1 Å². The van der Waals surface area contributed by atoms with Gasteiger partial charge in [-0.1, -0.05) is 380 Å². The van der Waals surface area contributed by atoms with E-state index in [1.54, 1.807) is 0 Å². The van der Waals surface area contributed by atoms with E-state index in [4.69, 9.17) is 0 Å². The van der Waals surface area contributed by atoms with Gasteiger partial charge in [0.2, 0.25) is 0 Å². The summed E-state index contributed by atoms with van der Waals surface area (Å²) in [6.45, 7) is 9.57. The fourth-order valence-electron chi connectivity index (χ4n) is 24.0. The zero-order chi connectivity index (χ0) is 90.2. The van der Waals surface area contributed by atoms with Gasteiger partial charge in [-0.25, -0.2) is 0 Å². The highest BCUT2D eigenvalue weighted by atomic mass is 32.1. The molecule has 0 fully saturated rings. The summed E-state index contributed by atoms with van der Waals surface area (Å²) in [4.78, 5) is 4.84. The maximum atomic E-state index is 2.50. The summed E-state index contributed by atoms with van der Waals surface area (Å²) < 4.78 is 2.61. The quantitative estimate of drug-likeness (QED) is 0.119. The SMILES string of the molecule is CC1(C)c2ccc(-c3ccc(N(c4ccc(-c5ccccc5)cc4)c4ccc(-c5ccc(-c6ccccc6)cc5)cc4)cc3)cc2-c2cc3c4ccccc4c4ccccc4c3cc21.CC1(C)c2ccc(-c3ccc(N(c4ccc5c(c4)-c4ccccc4C54c5ccccc5-c5ccccc54)c4ccc5sc6ccccc6c5c4)cc3)cc2-c2cc3c4ccccc4c4ccccc4c3cc21. The average Bonchev–Trinajstić information content (AvgIpc) is 1.51. The number of benzene rings is 23. The van der Waals surface area contributed by atoms with Crippen LogP contribution in [0.4, 0.5) is 34.1 Å². The van der Waals surface area contributed by atoms with E-state index in [9.17, 15) is 0 Å². The van der Waals surface area contributed by atoms with Crippen molar-refractivity contribution in [3.05, 3.63) is 518 Å². The molecule has 24 aromatic rings. The summed E-state index contributed by atoms with van der Waals surface area (Å²) >= 11 is 1.87. The lowest BCUT2D eigenvalue weighted by Gasteiger charge is -2.31. The molecule has 638 valence electrons. The molecule has 0 saturated carbocycles. The first-order valence-electron chi connectivity index (χ1n) is 47.6. The predicted octanol–water partition coefficient (Wildman–Crippen LogP) is 36.9. The van der Waals surface area contributed by atoms with Gasteiger partial charge in [0.1, 0.15) is 0 Å². The lowest BCUT2D eigenvalue weighted by atomic mass is 9.70. The Hall–Kier alpha value is -16.6. The molecule has 0 saturated heterocycles. The Balaban J connectivity index is 0.000000139. The number of hydrogen-bond donors (Lipinski definition) is 0. The van der Waals surface area contributed by atoms with Crippen LogP contribution in [0.3, 0.4) is 0 Å². The van der Waals surface area contributed by atoms with Gasteiger partial charge in [-0.3, -0.25) is 0 Å². The van der Waals surface area contributed by atoms with Crippen LogP contribution in [0.5, 0.6) is 0 Å². The van der Waals surface area contributed by atoms with E-state index in [2.05, 4.69) is 511 Å². The molecule has 0 atom stereocenters. The average molecular weight is 1750 g/mol. The fraction of sp³-hybridized carbons (Fsp3) is 0.0526. The van der Waals surface area contributed by atoms with Gasteiger partial charge in [0.15, 0.2) is 0 Å². The molecule has 136 heavy (non-hydrogen) atoms. The van der Waals surface area contributed by atoms with Crippen molar-refractivity contribution in [1.82, 2.24) is 0 Å². The monoisotopic (exact) mass is 1750 g/mol. The van der Waals surface area contributed by atoms with Crippen LogP contribution in [0.2, 0.25) is 0 Å². The summed E-state index contributed by atoms with van der Waals surface area (Å²) in [5.74, 6) is 0. The first-order valence-corrected chi connectivity index (χ1v) is 48.4. The molecule has 0 bridgehead atoms. The Morgan fingerprint density at radius 1 is 0.147 bits per heavy atom. The Morgan fingerprint density at radius 2 is 0.397 bits per heavy atom. The third-order valence-corrected chi connectivity index (χ3v) is 31.7. The predicted molar refractivity (Wildman–Crippen MR) is 579 cm³/mol. The van der Waals surface area contributed by atoms with Crippen molar-refractivity contribution < 1.29 is 0 Å². The van der Waals surface area contributed by atoms with E-state index in [1.807, 2.05) is 11.3 Å². The van der Waals surface area contributed by atoms with Gasteiger partial charge in [0.05, 0.1) is 5.41 Å². The fourth-order valence-corrected chi connectivity index (χ4v) is 25.0. The molecule has 4 aliphatic carbocycles. The molecule has 3 heteroatoms. The summed E-state index contributed by atoms with van der Waals surface area (Å²) in [5, 5.41) is 18.4. The summed E-state index contributed by atoms with van der Waals surface area (Å²) in [7, 11) is 0. The lowest BCUT2D eigenvalue weighted by Crippen LogP contribution is -2.25. The van der Waals surface area contributed by atoms with Crippen molar-refractivity contribution in [2.75, 3.05) is 9.80 Å². The lowest BCUT2D eigenvalue weighted by molar-refractivity contribution is 0.661. The third-order valence-electron chi connectivity index (χ3n) is 30.5. The van der Waals surface area contributed by atoms with Crippen molar-refractivity contribution in [1.29, 1.82) is 0 Å². The van der Waals surface area contributed by atoms with Gasteiger partial charge in [-0.2, -0.15) is 0 Å². The van der Waals surface area contributed by atoms with Crippen molar-refractivity contribution in [3.63, 3.8) is 0 Å². The first-order chi connectivity index (χ1) is 66.9. The molecule has 0 N–H and O–H groups in total. The van der Waals surface area contributed by atoms with Gasteiger partial charge >= 0.3 is 0 Å². The van der Waals surface area contributed by atoms with Crippen LogP contribution in [-0.4, -0.2) is 0 Å². The van der Waals surface area contributed by atoms with E-state index >= 15 is 0 Å². The first kappa shape index (κ1) is 79.2. The standard InChI is InChI=1S/C70H45NS.C63H45N/c1-69(2)61-34-29-43(37-57(61)59-40-55-49-17-5-3-15-47(49)48-16-4-6-18-50(48)56(55)41-66(59)69)42-27-30-44(31-28-42)71(46-33-36-68-60(39-46)54-22-10-14-26-67(54)72-68)45-32-35-65-58(38-45)53-21-9-13-25-64(53)70(65)62-23-11-7-19-51(62)52-20-8-12-24-63(52)70;1-63(2)61-38-31-49(39-59(61)60-40-57-55-19-11-9-17-53(55)54-18-10-12-20-56(54)58(57)41-62(60)63)48-29-36-52(37-30-48)64(50-32-25-46(26-33-50)43-15-7-4-8-16-43)51-34-27-47(28-35-51)45-23-21-44(22-24-45)42-13-5-3-6-14-42/h3-41H,1-2H3;3-41H,1-2H3. The van der Waals surface area contributed by atoms with Crippen LogP contribution in [0, 0.1) is 0 Å². The van der Waals surface area contributed by atoms with E-state index in [0.717, 1.165) is 34.1 Å². The molecular weight excluding hydrogens is 1660 g/mol. The highest BCUT2D eigenvalue weighted by Crippen LogP contribution is 2.64. The molecule has 0 radical (unpaired) electrons. The minimum Gasteiger partial charge on any atom is -0.311 e. The third kappa shape index (κ3) is 12.2. The molecule has 23 aromatic carbocycles. The number of hydrogen-bond acceptors (Lipinski definition) is 3. The van der Waals surface area contributed by atoms with Crippen LogP contribution in [0.1, 0.15) is 72.2 Å². The molecule has 1 spiro atoms. The van der Waals surface area contributed by atoms with Crippen molar-refractivity contribution in [2.24, 2.45) is 0 Å². The highest BCUT2D eigenvalue weighted by molar-refractivity contribution is 7.25. The summed E-state index contributed by atoms with van der Waals surface area (Å²) in [6, 6.07) is 177. The number of thiophene rings is 1. The van der Waals surface area contributed by atoms with Gasteiger partial charge in [-0.05, 0) is 331 Å². The molecule has 1 aromatic heterocycles. The largest absolute Gasteiger partial charge is 0.311 e. The zero-order valence-corrected chi connectivity index (χ0v) is 76.7. The molecule has 1 heterocycles. The summed E-state index contributed by atoms with van der Waals surface area (Å²) in [6.07, 6.45) is 0. The minimum atomic E-state index is -0.389. The Morgan fingerprint density at radius 3 is 0.801 bits per heavy atom. The second kappa shape index (κ2) is 30.8. The zero-order valence-electron chi connectivity index (χ0n) is 75.8. The van der Waals surface area contributed by atoms with Gasteiger partial charge < -0.3 is 9.80 Å². The van der Waals surface area contributed by atoms with Crippen molar-refractivity contribution in [3.8, 4) is 100 Å². The number of fused-ring (bicyclic) bond motifs is 31. The van der Waals surface area contributed by atoms with E-state index in [0.29, 0.717) is 0 Å². The smallest absolute Gasteiger partial charge is 0.0725 e. The van der Waals surface area contributed by atoms with E-state index in [1.165, 1.54) is 229 Å². The van der Waals surface area contributed by atoms with Crippen LogP contribution in [-0.2, 0) is 16.2 Å². The van der Waals surface area contributed by atoms with Crippen molar-refractivity contribution >= 4 is 130 Å². The molecule has 0 unspecified atom stereocenters. The van der Waals surface area contributed by atoms with Gasteiger partial charge in [0.25, 0.3) is 0 Å². The number of nitrogens with zero attached hydrogens (tertiary/aromatic N) is 2. The molecule has 28 rings (SSSR count). The Kier molecular flexibility index (Phi) is 17.9. The maximum absolute atomic E-state index is 2.50. The molecule has 0 aliphatic heterocycles. The Bertz CT molecular complexity index is 9010. The second-order valence-electron chi connectivity index (χ2n) is 38.4. The Labute approximate surface area is 795 Å². The second-order valence-corrected chi connectivity index (χ2v) is 39.5. The summed E-state index contributed by atoms with van der Waals surface area (Å²) in [5.41, 5.74) is 39.7. The van der Waals surface area contributed by atoms with Crippen LogP contribution in [0.25, 0.3) is 185 Å². The molecule has 0 amide bonds. The normalized spacial score (nSPS) is 13.5. The number of anilines is 6. The maximum Gasteiger partial charge on any atom is 0.0725 e. The van der Waals surface area contributed by atoms with Crippen molar-refractivity contribution in [2.45, 2.75) is 43.9 Å². The number of rotatable bonds is 11. The molecule has 4 aliphatic rings. The topological polar surface area (TPSA) is 6.48 Å². The van der Waals surface area contributed by atoms with Crippen LogP contribution in [0.15, 0.2) is 473 Å². The molecular formula is C133H90N2S. The van der Waals surface area contributed by atoms with E-state index in [-0.39, 0.29) is 16.2 Å².